The van der Waals surface area contributed by atoms with Crippen LogP contribution in [-0.4, -0.2) is 8.52 Å². The number of nitrogens with zero attached hydrogens (tertiary/aromatic N) is 2. The quantitative estimate of drug-likeness (QED) is 0.709. The van der Waals surface area contributed by atoms with Crippen molar-refractivity contribution in [1.82, 2.24) is 8.52 Å². The molecule has 7 heteroatoms. The van der Waals surface area contributed by atoms with Gasteiger partial charge in [0.25, 0.3) is 0 Å². The van der Waals surface area contributed by atoms with E-state index >= 15 is 0 Å². The number of halogens is 2. The van der Waals surface area contributed by atoms with Crippen LogP contribution in [-0.2, 0) is 13.1 Å². The van der Waals surface area contributed by atoms with Crippen LogP contribution in [0.4, 0.5) is 0 Å². The van der Waals surface area contributed by atoms with Gasteiger partial charge >= 0.3 is 10.6 Å². The monoisotopic (exact) mass is 366 g/mol. The molecular weight excluding hydrogens is 355 g/mol. The van der Waals surface area contributed by atoms with Crippen LogP contribution in [0.5, 0.6) is 0 Å². The molecule has 0 N–H and O–H groups in total. The van der Waals surface area contributed by atoms with Gasteiger partial charge in [-0.15, -0.1) is 0 Å². The van der Waals surface area contributed by atoms with Gasteiger partial charge in [0.1, 0.15) is 0 Å². The summed E-state index contributed by atoms with van der Waals surface area (Å²) in [6.45, 7) is 0.556. The van der Waals surface area contributed by atoms with E-state index in [1.54, 1.807) is 18.2 Å². The maximum Gasteiger partial charge on any atom is 0.341 e. The van der Waals surface area contributed by atoms with Gasteiger partial charge in [-0.3, -0.25) is 4.79 Å². The minimum absolute atomic E-state index is 0.173. The zero-order chi connectivity index (χ0) is 16.4. The van der Waals surface area contributed by atoms with Gasteiger partial charge in [-0.1, -0.05) is 59.6 Å². The van der Waals surface area contributed by atoms with Crippen LogP contribution >= 0.6 is 34.7 Å². The molecule has 0 aliphatic carbocycles. The largest absolute Gasteiger partial charge is 0.341 e. The molecule has 118 valence electrons. The topological polar surface area (TPSA) is 44.0 Å². The summed E-state index contributed by atoms with van der Waals surface area (Å²) in [7, 11) is 0. The molecule has 0 unspecified atom stereocenters. The van der Waals surface area contributed by atoms with Gasteiger partial charge in [0, 0.05) is 11.5 Å². The Balaban J connectivity index is 1.90. The third-order valence-corrected chi connectivity index (χ3v) is 4.97. The van der Waals surface area contributed by atoms with Crippen molar-refractivity contribution in [3.63, 3.8) is 0 Å². The first-order chi connectivity index (χ1) is 11.0. The summed E-state index contributed by atoms with van der Waals surface area (Å²) < 4.78 is 2.66. The van der Waals surface area contributed by atoms with E-state index in [9.17, 15) is 9.59 Å². The van der Waals surface area contributed by atoms with E-state index in [1.807, 2.05) is 30.3 Å². The fourth-order valence-corrected chi connectivity index (χ4v) is 3.34. The Kier molecular flexibility index (Phi) is 4.71. The van der Waals surface area contributed by atoms with Gasteiger partial charge in [-0.2, -0.15) is 0 Å². The molecule has 0 saturated carbocycles. The first kappa shape index (κ1) is 16.1. The fourth-order valence-electron chi connectivity index (χ4n) is 2.20. The summed E-state index contributed by atoms with van der Waals surface area (Å²) in [6.07, 6.45) is 0. The predicted molar refractivity (Wildman–Crippen MR) is 93.9 cm³/mol. The lowest BCUT2D eigenvalue weighted by atomic mass is 10.2. The van der Waals surface area contributed by atoms with E-state index in [0.717, 1.165) is 22.7 Å². The van der Waals surface area contributed by atoms with Crippen molar-refractivity contribution in [3.05, 3.63) is 89.9 Å². The van der Waals surface area contributed by atoms with Crippen molar-refractivity contribution in [2.24, 2.45) is 0 Å². The zero-order valence-electron chi connectivity index (χ0n) is 11.9. The summed E-state index contributed by atoms with van der Waals surface area (Å²) in [5, 5.41) is 0.839. The molecule has 0 amide bonds. The zero-order valence-corrected chi connectivity index (χ0v) is 14.2. The van der Waals surface area contributed by atoms with Gasteiger partial charge in [-0.25, -0.2) is 13.3 Å². The van der Waals surface area contributed by atoms with Gasteiger partial charge in [-0.05, 0) is 23.3 Å². The summed E-state index contributed by atoms with van der Waals surface area (Å²) in [6, 6.07) is 14.6. The lowest BCUT2D eigenvalue weighted by Crippen LogP contribution is -2.29. The minimum atomic E-state index is -0.324. The van der Waals surface area contributed by atoms with E-state index < -0.39 is 0 Å². The second-order valence-electron chi connectivity index (χ2n) is 5.00. The first-order valence-corrected chi connectivity index (χ1v) is 8.36. The van der Waals surface area contributed by atoms with Crippen LogP contribution in [0.3, 0.4) is 0 Å². The summed E-state index contributed by atoms with van der Waals surface area (Å²) >= 11 is 12.8. The Morgan fingerprint density at radius 1 is 0.870 bits per heavy atom. The lowest BCUT2D eigenvalue weighted by molar-refractivity contribution is 0.685. The highest BCUT2D eigenvalue weighted by molar-refractivity contribution is 7.03. The van der Waals surface area contributed by atoms with Crippen LogP contribution in [0.25, 0.3) is 0 Å². The minimum Gasteiger partial charge on any atom is -0.255 e. The van der Waals surface area contributed by atoms with Gasteiger partial charge in [0.2, 0.25) is 0 Å². The number of benzene rings is 2. The summed E-state index contributed by atoms with van der Waals surface area (Å²) in [4.78, 5) is 24.2. The van der Waals surface area contributed by atoms with E-state index in [4.69, 9.17) is 23.2 Å². The molecule has 0 aliphatic heterocycles. The van der Waals surface area contributed by atoms with Crippen molar-refractivity contribution in [2.45, 2.75) is 13.1 Å². The molecule has 0 bridgehead atoms. The van der Waals surface area contributed by atoms with Gasteiger partial charge < -0.3 is 0 Å². The average molecular weight is 367 g/mol. The van der Waals surface area contributed by atoms with E-state index in [1.165, 1.54) is 8.52 Å². The van der Waals surface area contributed by atoms with Gasteiger partial charge in [0.05, 0.1) is 23.1 Å². The summed E-state index contributed by atoms with van der Waals surface area (Å²) in [5.74, 6) is 0. The molecule has 0 saturated heterocycles. The van der Waals surface area contributed by atoms with Gasteiger partial charge in [0.15, 0.2) is 0 Å². The van der Waals surface area contributed by atoms with Crippen molar-refractivity contribution in [1.29, 1.82) is 0 Å². The number of hydrogen-bond acceptors (Lipinski definition) is 3. The van der Waals surface area contributed by atoms with E-state index in [-0.39, 0.29) is 17.1 Å². The fraction of sp³-hybridized carbons (Fsp3) is 0.125. The maximum atomic E-state index is 12.4. The molecule has 2 aromatic carbocycles. The van der Waals surface area contributed by atoms with E-state index in [2.05, 4.69) is 0 Å². The summed E-state index contributed by atoms with van der Waals surface area (Å²) in [5.41, 5.74) is 1.40. The number of rotatable bonds is 4. The SMILES string of the molecule is O=c1sn(Cc2ccccc2)c(=O)n1Cc1ccc(Cl)c(Cl)c1. The van der Waals surface area contributed by atoms with Crippen molar-refractivity contribution in [2.75, 3.05) is 0 Å². The molecule has 3 aromatic rings. The Labute approximate surface area is 146 Å². The van der Waals surface area contributed by atoms with Crippen LogP contribution in [0.15, 0.2) is 58.1 Å². The molecule has 0 aliphatic rings. The molecule has 3 rings (SSSR count). The lowest BCUT2D eigenvalue weighted by Gasteiger charge is -2.03. The molecular formula is C16H12Cl2N2O2S. The molecule has 0 radical (unpaired) electrons. The van der Waals surface area contributed by atoms with Crippen molar-refractivity contribution >= 4 is 34.7 Å². The smallest absolute Gasteiger partial charge is 0.255 e. The highest BCUT2D eigenvalue weighted by atomic mass is 35.5. The molecule has 1 heterocycles. The Morgan fingerprint density at radius 2 is 1.61 bits per heavy atom. The third-order valence-electron chi connectivity index (χ3n) is 3.35. The standard InChI is InChI=1S/C16H12Cl2N2O2S/c17-13-7-6-12(8-14(13)18)9-19-15(21)20(23-16(19)22)10-11-4-2-1-3-5-11/h1-8H,9-10H2. The number of aromatic nitrogens is 2. The van der Waals surface area contributed by atoms with Crippen LogP contribution in [0.1, 0.15) is 11.1 Å². The average Bonchev–Trinajstić information content (AvgIpc) is 2.79. The molecule has 1 aromatic heterocycles. The molecule has 23 heavy (non-hydrogen) atoms. The Bertz CT molecular complexity index is 945. The molecule has 4 nitrogen and oxygen atoms in total. The first-order valence-electron chi connectivity index (χ1n) is 6.83. The molecule has 0 fully saturated rings. The Hall–Kier alpha value is -1.82. The highest BCUT2D eigenvalue weighted by Crippen LogP contribution is 2.22. The third kappa shape index (κ3) is 3.58. The molecule has 0 spiro atoms. The van der Waals surface area contributed by atoms with Crippen molar-refractivity contribution in [3.8, 4) is 0 Å². The Morgan fingerprint density at radius 3 is 2.30 bits per heavy atom. The number of hydrogen-bond donors (Lipinski definition) is 0. The second-order valence-corrected chi connectivity index (χ2v) is 6.78. The van der Waals surface area contributed by atoms with Crippen LogP contribution in [0, 0.1) is 0 Å². The van der Waals surface area contributed by atoms with Crippen molar-refractivity contribution < 1.29 is 0 Å². The van der Waals surface area contributed by atoms with Crippen LogP contribution < -0.4 is 10.6 Å². The predicted octanol–water partition coefficient (Wildman–Crippen LogP) is 3.47. The highest BCUT2D eigenvalue weighted by Gasteiger charge is 2.11. The normalized spacial score (nSPS) is 10.9. The molecule has 0 atom stereocenters. The second kappa shape index (κ2) is 6.74. The van der Waals surface area contributed by atoms with E-state index in [0.29, 0.717) is 16.6 Å². The maximum absolute atomic E-state index is 12.4. The van der Waals surface area contributed by atoms with Crippen LogP contribution in [0.2, 0.25) is 10.0 Å².